The van der Waals surface area contributed by atoms with Gasteiger partial charge in [-0.2, -0.15) is 0 Å². The van der Waals surface area contributed by atoms with E-state index in [-0.39, 0.29) is 25.2 Å². The van der Waals surface area contributed by atoms with Gasteiger partial charge in [0.05, 0.1) is 30.8 Å². The monoisotopic (exact) mass is 551 g/mol. The van der Waals surface area contributed by atoms with E-state index in [0.29, 0.717) is 40.5 Å². The molecule has 0 radical (unpaired) electrons. The average molecular weight is 552 g/mol. The highest BCUT2D eigenvalue weighted by Crippen LogP contribution is 2.32. The van der Waals surface area contributed by atoms with E-state index in [9.17, 15) is 13.2 Å². The molecule has 0 saturated carbocycles. The van der Waals surface area contributed by atoms with Crippen LogP contribution in [0.2, 0.25) is 0 Å². The van der Waals surface area contributed by atoms with Gasteiger partial charge in [0.1, 0.15) is 5.75 Å². The number of esters is 1. The molecule has 1 atom stereocenters. The number of ether oxygens (including phenoxy) is 3. The van der Waals surface area contributed by atoms with Gasteiger partial charge in [-0.15, -0.1) is 0 Å². The van der Waals surface area contributed by atoms with Crippen molar-refractivity contribution in [3.8, 4) is 5.75 Å². The molecule has 39 heavy (non-hydrogen) atoms. The van der Waals surface area contributed by atoms with Crippen LogP contribution in [0.25, 0.3) is 0 Å². The zero-order chi connectivity index (χ0) is 28.0. The fourth-order valence-corrected chi connectivity index (χ4v) is 6.89. The molecule has 0 bridgehead atoms. The molecule has 8 heteroatoms. The van der Waals surface area contributed by atoms with Crippen LogP contribution in [0.1, 0.15) is 53.5 Å². The van der Waals surface area contributed by atoms with Crippen LogP contribution in [-0.4, -0.2) is 34.4 Å². The Labute approximate surface area is 231 Å². The normalized spacial score (nSPS) is 15.5. The summed E-state index contributed by atoms with van der Waals surface area (Å²) in [6.07, 6.45) is 3.41. The van der Waals surface area contributed by atoms with Crippen molar-refractivity contribution in [2.45, 2.75) is 70.6 Å². The van der Waals surface area contributed by atoms with Crippen molar-refractivity contribution in [3.05, 3.63) is 88.5 Å². The summed E-state index contributed by atoms with van der Waals surface area (Å²) in [7, 11) is -2.55. The van der Waals surface area contributed by atoms with Crippen molar-refractivity contribution >= 4 is 21.7 Å². The van der Waals surface area contributed by atoms with Gasteiger partial charge in [-0.05, 0) is 86.6 Å². The molecule has 1 heterocycles. The van der Waals surface area contributed by atoms with Crippen LogP contribution in [-0.2, 0) is 37.3 Å². The summed E-state index contributed by atoms with van der Waals surface area (Å²) in [5, 5.41) is 0. The number of benzene rings is 3. The van der Waals surface area contributed by atoms with Crippen LogP contribution in [0.15, 0.2) is 65.6 Å². The summed E-state index contributed by atoms with van der Waals surface area (Å²) in [5.74, 6) is 0.368. The van der Waals surface area contributed by atoms with Gasteiger partial charge in [-0.1, -0.05) is 42.0 Å². The Hall–Kier alpha value is -3.36. The second-order valence-electron chi connectivity index (χ2n) is 10.0. The van der Waals surface area contributed by atoms with E-state index < -0.39 is 10.0 Å². The number of carbonyl (C=O) groups is 1. The number of rotatable bonds is 10. The van der Waals surface area contributed by atoms with Gasteiger partial charge in [-0.3, -0.25) is 9.10 Å². The van der Waals surface area contributed by atoms with Crippen molar-refractivity contribution in [1.29, 1.82) is 0 Å². The average Bonchev–Trinajstić information content (AvgIpc) is 2.90. The maximum atomic E-state index is 14.2. The van der Waals surface area contributed by atoms with Crippen LogP contribution >= 0.6 is 0 Å². The number of sulfonamides is 1. The molecule has 1 saturated heterocycles. The number of hydrogen-bond acceptors (Lipinski definition) is 6. The first-order chi connectivity index (χ1) is 18.7. The van der Waals surface area contributed by atoms with Crippen LogP contribution in [0.4, 0.5) is 5.69 Å². The molecule has 0 aromatic heterocycles. The molecule has 3 aromatic rings. The number of carbonyl (C=O) groups excluding carboxylic acids is 1. The Bertz CT molecular complexity index is 1370. The molecule has 0 amide bonds. The van der Waals surface area contributed by atoms with Crippen molar-refractivity contribution in [3.63, 3.8) is 0 Å². The fraction of sp³-hybridized carbons (Fsp3) is 0.387. The molecule has 1 unspecified atom stereocenters. The summed E-state index contributed by atoms with van der Waals surface area (Å²) in [5.41, 5.74) is 4.69. The van der Waals surface area contributed by atoms with E-state index in [1.54, 1.807) is 12.1 Å². The van der Waals surface area contributed by atoms with Crippen molar-refractivity contribution in [2.24, 2.45) is 0 Å². The predicted molar refractivity (Wildman–Crippen MR) is 151 cm³/mol. The first-order valence-electron chi connectivity index (χ1n) is 13.3. The first-order valence-corrected chi connectivity index (χ1v) is 14.7. The number of aryl methyl sites for hydroxylation is 4. The molecule has 1 fully saturated rings. The topological polar surface area (TPSA) is 82.1 Å². The third kappa shape index (κ3) is 7.19. The van der Waals surface area contributed by atoms with Gasteiger partial charge in [0.15, 0.2) is 6.29 Å². The summed E-state index contributed by atoms with van der Waals surface area (Å²) in [6.45, 7) is 6.43. The van der Waals surface area contributed by atoms with Gasteiger partial charge >= 0.3 is 5.97 Å². The van der Waals surface area contributed by atoms with Gasteiger partial charge in [0.25, 0.3) is 10.0 Å². The summed E-state index contributed by atoms with van der Waals surface area (Å²) in [4.78, 5) is 11.9. The van der Waals surface area contributed by atoms with Crippen molar-refractivity contribution in [2.75, 3.05) is 18.0 Å². The zero-order valence-electron chi connectivity index (χ0n) is 23.1. The smallest absolute Gasteiger partial charge is 0.305 e. The lowest BCUT2D eigenvalue weighted by atomic mass is 10.1. The summed E-state index contributed by atoms with van der Waals surface area (Å²) >= 11 is 0. The lowest BCUT2D eigenvalue weighted by molar-refractivity contribution is -0.140. The molecule has 0 aliphatic carbocycles. The van der Waals surface area contributed by atoms with Crippen LogP contribution in [0.5, 0.6) is 5.75 Å². The standard InChI is InChI=1S/C31H37NO6S/c1-22-18-23(2)31(24(3)19-22)39(34,35)32(27-14-11-25(12-15-27)13-16-29(33)36-4)21-26-8-7-9-28(20-26)38-30-10-5-6-17-37-30/h7-9,11-12,14-15,18-20,30H,5-6,10,13,16-17,21H2,1-4H3. The Morgan fingerprint density at radius 2 is 1.69 bits per heavy atom. The van der Waals surface area contributed by atoms with E-state index in [4.69, 9.17) is 14.2 Å². The second kappa shape index (κ2) is 12.7. The lowest BCUT2D eigenvalue weighted by Gasteiger charge is -2.27. The maximum Gasteiger partial charge on any atom is 0.305 e. The highest BCUT2D eigenvalue weighted by molar-refractivity contribution is 7.92. The minimum absolute atomic E-state index is 0.124. The second-order valence-corrected chi connectivity index (χ2v) is 11.8. The molecule has 0 spiro atoms. The molecule has 1 aliphatic heterocycles. The van der Waals surface area contributed by atoms with E-state index in [0.717, 1.165) is 36.0 Å². The highest BCUT2D eigenvalue weighted by Gasteiger charge is 2.29. The molecular weight excluding hydrogens is 514 g/mol. The molecule has 208 valence electrons. The molecular formula is C31H37NO6S. The first kappa shape index (κ1) is 28.6. The molecule has 3 aromatic carbocycles. The van der Waals surface area contributed by atoms with Crippen LogP contribution in [0, 0.1) is 20.8 Å². The molecule has 4 rings (SSSR count). The quantitative estimate of drug-likeness (QED) is 0.287. The number of nitrogens with zero attached hydrogens (tertiary/aromatic N) is 1. The van der Waals surface area contributed by atoms with E-state index in [1.807, 2.05) is 69.3 Å². The molecule has 1 aliphatic rings. The van der Waals surface area contributed by atoms with Gasteiger partial charge in [-0.25, -0.2) is 8.42 Å². The van der Waals surface area contributed by atoms with Crippen LogP contribution in [0.3, 0.4) is 0 Å². The molecule has 7 nitrogen and oxygen atoms in total. The third-order valence-electron chi connectivity index (χ3n) is 6.85. The summed E-state index contributed by atoms with van der Waals surface area (Å²) < 4.78 is 46.4. The fourth-order valence-electron chi connectivity index (χ4n) is 5.02. The Balaban J connectivity index is 1.68. The Morgan fingerprint density at radius 3 is 2.33 bits per heavy atom. The zero-order valence-corrected chi connectivity index (χ0v) is 23.9. The van der Waals surface area contributed by atoms with E-state index in [1.165, 1.54) is 11.4 Å². The Kier molecular flexibility index (Phi) is 9.30. The highest BCUT2D eigenvalue weighted by atomic mass is 32.2. The van der Waals surface area contributed by atoms with Crippen LogP contribution < -0.4 is 9.04 Å². The maximum absolute atomic E-state index is 14.2. The number of hydrogen-bond donors (Lipinski definition) is 0. The SMILES string of the molecule is COC(=O)CCc1ccc(N(Cc2cccc(OC3CCCCO3)c2)S(=O)(=O)c2c(C)cc(C)cc2C)cc1. The van der Waals surface area contributed by atoms with Crippen molar-refractivity contribution in [1.82, 2.24) is 0 Å². The minimum atomic E-state index is -3.92. The number of anilines is 1. The van der Waals surface area contributed by atoms with E-state index >= 15 is 0 Å². The molecule has 0 N–H and O–H groups in total. The predicted octanol–water partition coefficient (Wildman–Crippen LogP) is 6.02. The largest absolute Gasteiger partial charge is 0.469 e. The minimum Gasteiger partial charge on any atom is -0.469 e. The lowest BCUT2D eigenvalue weighted by Crippen LogP contribution is -2.32. The van der Waals surface area contributed by atoms with Gasteiger partial charge in [0.2, 0.25) is 0 Å². The number of methoxy groups -OCH3 is 1. The van der Waals surface area contributed by atoms with Crippen molar-refractivity contribution < 1.29 is 27.4 Å². The Morgan fingerprint density at radius 1 is 0.974 bits per heavy atom. The third-order valence-corrected chi connectivity index (χ3v) is 8.93. The van der Waals surface area contributed by atoms with Gasteiger partial charge in [0, 0.05) is 12.8 Å². The van der Waals surface area contributed by atoms with Gasteiger partial charge < -0.3 is 14.2 Å². The van der Waals surface area contributed by atoms with E-state index in [2.05, 4.69) is 0 Å². The summed E-state index contributed by atoms with van der Waals surface area (Å²) in [6, 6.07) is 18.6.